The predicted molar refractivity (Wildman–Crippen MR) is 106 cm³/mol. The molecular formula is C17H36N2O6P2. The molecule has 1 aliphatic heterocycles. The van der Waals surface area contributed by atoms with Gasteiger partial charge >= 0.3 is 15.2 Å². The van der Waals surface area contributed by atoms with Gasteiger partial charge in [-0.15, -0.1) is 0 Å². The molecule has 2 atom stereocenters. The molecule has 0 amide bonds. The lowest BCUT2D eigenvalue weighted by molar-refractivity contribution is 0.178. The maximum absolute atomic E-state index is 13.0. The van der Waals surface area contributed by atoms with Crippen LogP contribution < -0.4 is 0 Å². The number of nitrogens with zero attached hydrogens (tertiary/aromatic N) is 2. The van der Waals surface area contributed by atoms with Crippen LogP contribution in [0.3, 0.4) is 0 Å². The third kappa shape index (κ3) is 6.35. The zero-order chi connectivity index (χ0) is 19.9. The smallest absolute Gasteiger partial charge is 0.308 e. The molecule has 1 heterocycles. The molecule has 10 heteroatoms. The highest BCUT2D eigenvalue weighted by molar-refractivity contribution is 7.54. The second kappa shape index (κ2) is 10.8. The fraction of sp³-hybridized carbons (Fsp3) is 1.00. The molecule has 0 aromatic rings. The normalized spacial score (nSPS) is 25.0. The van der Waals surface area contributed by atoms with Gasteiger partial charge in [0.15, 0.2) is 0 Å². The average Bonchev–Trinajstić information content (AvgIpc) is 2.93. The Labute approximate surface area is 163 Å². The van der Waals surface area contributed by atoms with E-state index in [0.717, 1.165) is 25.7 Å². The first-order valence-electron chi connectivity index (χ1n) is 10.1. The summed E-state index contributed by atoms with van der Waals surface area (Å²) in [6.07, 6.45) is 4.89. The van der Waals surface area contributed by atoms with Crippen molar-refractivity contribution in [3.63, 3.8) is 0 Å². The Hall–Kier alpha value is 0.220. The lowest BCUT2D eigenvalue weighted by atomic mass is 9.91. The van der Waals surface area contributed by atoms with Gasteiger partial charge < -0.3 is 18.1 Å². The first kappa shape index (κ1) is 23.5. The lowest BCUT2D eigenvalue weighted by Gasteiger charge is -2.34. The molecule has 0 aromatic carbocycles. The number of fused-ring (bicyclic) bond motifs is 1. The third-order valence-corrected chi connectivity index (χ3v) is 9.03. The van der Waals surface area contributed by atoms with Gasteiger partial charge in [0.05, 0.1) is 33.1 Å². The summed E-state index contributed by atoms with van der Waals surface area (Å²) in [6, 6.07) is 0.536. The van der Waals surface area contributed by atoms with Crippen molar-refractivity contribution in [3.8, 4) is 0 Å². The zero-order valence-corrected chi connectivity index (χ0v) is 19.0. The monoisotopic (exact) mass is 426 g/mol. The van der Waals surface area contributed by atoms with Crippen molar-refractivity contribution in [2.24, 2.45) is 0 Å². The summed E-state index contributed by atoms with van der Waals surface area (Å²) in [6.45, 7) is 9.29. The summed E-state index contributed by atoms with van der Waals surface area (Å²) in [5.41, 5.74) is 0. The van der Waals surface area contributed by atoms with Crippen molar-refractivity contribution < 1.29 is 27.2 Å². The molecule has 0 radical (unpaired) electrons. The molecule has 160 valence electrons. The van der Waals surface area contributed by atoms with Gasteiger partial charge in [0.1, 0.15) is 12.6 Å². The van der Waals surface area contributed by atoms with E-state index in [4.69, 9.17) is 18.1 Å². The van der Waals surface area contributed by atoms with E-state index in [1.54, 1.807) is 0 Å². The zero-order valence-electron chi connectivity index (χ0n) is 17.2. The molecule has 0 unspecified atom stereocenters. The SMILES string of the molecule is CCOP(=O)(CN1CN(CP(=O)(OCC)OCC)[C@H]2CCCC[C@@H]21)OCC. The Morgan fingerprint density at radius 1 is 0.704 bits per heavy atom. The van der Waals surface area contributed by atoms with E-state index in [9.17, 15) is 9.13 Å². The van der Waals surface area contributed by atoms with E-state index in [1.807, 2.05) is 27.7 Å². The van der Waals surface area contributed by atoms with E-state index >= 15 is 0 Å². The van der Waals surface area contributed by atoms with E-state index < -0.39 is 15.2 Å². The van der Waals surface area contributed by atoms with Gasteiger partial charge in [-0.05, 0) is 40.5 Å². The van der Waals surface area contributed by atoms with Gasteiger partial charge in [-0.1, -0.05) is 12.8 Å². The van der Waals surface area contributed by atoms with Gasteiger partial charge in [0.25, 0.3) is 0 Å². The molecule has 2 fully saturated rings. The molecule has 8 nitrogen and oxygen atoms in total. The Kier molecular flexibility index (Phi) is 9.44. The predicted octanol–water partition coefficient (Wildman–Crippen LogP) is 4.32. The highest BCUT2D eigenvalue weighted by Gasteiger charge is 2.46. The topological polar surface area (TPSA) is 77.5 Å². The molecule has 0 N–H and O–H groups in total. The van der Waals surface area contributed by atoms with E-state index in [1.165, 1.54) is 0 Å². The first-order chi connectivity index (χ1) is 12.9. The van der Waals surface area contributed by atoms with Crippen LogP contribution in [0.15, 0.2) is 0 Å². The molecule has 0 spiro atoms. The summed E-state index contributed by atoms with van der Waals surface area (Å²) < 4.78 is 48.0. The van der Waals surface area contributed by atoms with Crippen LogP contribution in [0.1, 0.15) is 53.4 Å². The fourth-order valence-corrected chi connectivity index (χ4v) is 7.69. The van der Waals surface area contributed by atoms with Crippen LogP contribution in [0.2, 0.25) is 0 Å². The second-order valence-corrected chi connectivity index (χ2v) is 11.0. The lowest BCUT2D eigenvalue weighted by Crippen LogP contribution is -2.40. The van der Waals surface area contributed by atoms with Crippen molar-refractivity contribution in [2.75, 3.05) is 45.7 Å². The van der Waals surface area contributed by atoms with Crippen LogP contribution in [0.5, 0.6) is 0 Å². The van der Waals surface area contributed by atoms with E-state index in [-0.39, 0.29) is 24.7 Å². The number of hydrogen-bond donors (Lipinski definition) is 0. The van der Waals surface area contributed by atoms with Crippen molar-refractivity contribution >= 4 is 15.2 Å². The van der Waals surface area contributed by atoms with Crippen LogP contribution in [-0.2, 0) is 27.2 Å². The summed E-state index contributed by atoms with van der Waals surface area (Å²) in [5, 5.41) is 0. The highest BCUT2D eigenvalue weighted by atomic mass is 31.2. The first-order valence-corrected chi connectivity index (χ1v) is 13.6. The summed E-state index contributed by atoms with van der Waals surface area (Å²) in [4.78, 5) is 4.36. The molecule has 1 saturated carbocycles. The largest absolute Gasteiger partial charge is 0.344 e. The minimum Gasteiger partial charge on any atom is -0.308 e. The minimum atomic E-state index is -3.17. The van der Waals surface area contributed by atoms with Gasteiger partial charge in [-0.2, -0.15) is 0 Å². The molecule has 27 heavy (non-hydrogen) atoms. The van der Waals surface area contributed by atoms with Gasteiger partial charge in [-0.3, -0.25) is 18.9 Å². The Bertz CT molecular complexity index is 484. The van der Waals surface area contributed by atoms with Crippen molar-refractivity contribution in [3.05, 3.63) is 0 Å². The van der Waals surface area contributed by atoms with Gasteiger partial charge in [-0.25, -0.2) is 0 Å². The number of hydrogen-bond acceptors (Lipinski definition) is 8. The maximum Gasteiger partial charge on any atom is 0.344 e. The van der Waals surface area contributed by atoms with Crippen LogP contribution >= 0.6 is 15.2 Å². The van der Waals surface area contributed by atoms with Crippen molar-refractivity contribution in [1.29, 1.82) is 0 Å². The molecule has 1 aliphatic carbocycles. The quantitative estimate of drug-likeness (QED) is 0.427. The van der Waals surface area contributed by atoms with Crippen LogP contribution in [0.25, 0.3) is 0 Å². The van der Waals surface area contributed by atoms with E-state index in [2.05, 4.69) is 9.80 Å². The fourth-order valence-electron chi connectivity index (χ4n) is 4.16. The van der Waals surface area contributed by atoms with E-state index in [0.29, 0.717) is 33.1 Å². The Morgan fingerprint density at radius 2 is 1.04 bits per heavy atom. The van der Waals surface area contributed by atoms with Gasteiger partial charge in [0.2, 0.25) is 0 Å². The number of rotatable bonds is 12. The molecule has 2 aliphatic rings. The molecule has 0 bridgehead atoms. The second-order valence-electron chi connectivity index (χ2n) is 6.91. The molecule has 0 aromatic heterocycles. The standard InChI is InChI=1S/C17H36N2O6P2/c1-5-22-26(20,23-6-2)14-18-13-19(17-12-10-9-11-16(17)18)15-27(21,24-7-3)25-8-4/h16-17H,5-15H2,1-4H3/t16-,17-/m0/s1. The van der Waals surface area contributed by atoms with Crippen LogP contribution in [0.4, 0.5) is 0 Å². The summed E-state index contributed by atoms with van der Waals surface area (Å²) >= 11 is 0. The molecule has 2 rings (SSSR count). The highest BCUT2D eigenvalue weighted by Crippen LogP contribution is 2.53. The molecular weight excluding hydrogens is 390 g/mol. The van der Waals surface area contributed by atoms with Crippen LogP contribution in [0, 0.1) is 0 Å². The third-order valence-electron chi connectivity index (χ3n) is 5.01. The Morgan fingerprint density at radius 3 is 1.33 bits per heavy atom. The van der Waals surface area contributed by atoms with Crippen LogP contribution in [-0.4, -0.2) is 67.6 Å². The Balaban J connectivity index is 2.14. The summed E-state index contributed by atoms with van der Waals surface area (Å²) in [7, 11) is -6.33. The maximum atomic E-state index is 13.0. The summed E-state index contributed by atoms with van der Waals surface area (Å²) in [5.74, 6) is 0. The minimum absolute atomic E-state index is 0.264. The average molecular weight is 426 g/mol. The van der Waals surface area contributed by atoms with Crippen molar-refractivity contribution in [1.82, 2.24) is 9.80 Å². The van der Waals surface area contributed by atoms with Gasteiger partial charge in [0, 0.05) is 12.1 Å². The molecule has 1 saturated heterocycles. The van der Waals surface area contributed by atoms with Crippen molar-refractivity contribution in [2.45, 2.75) is 65.5 Å².